The van der Waals surface area contributed by atoms with Crippen LogP contribution in [-0.2, 0) is 16.6 Å². The van der Waals surface area contributed by atoms with Crippen molar-refractivity contribution in [2.75, 3.05) is 31.1 Å². The highest BCUT2D eigenvalue weighted by molar-refractivity contribution is 7.12. The summed E-state index contributed by atoms with van der Waals surface area (Å²) in [6.07, 6.45) is 4.09. The molecule has 2 aliphatic rings. The molecule has 0 N–H and O–H groups in total. The number of carbonyl (C=O) groups is 3. The number of aryl methyl sites for hydroxylation is 1. The second-order valence-corrected chi connectivity index (χ2v) is 8.08. The second-order valence-electron chi connectivity index (χ2n) is 7.14. The smallest absolute Gasteiger partial charge is 0.264 e. The van der Waals surface area contributed by atoms with Gasteiger partial charge in [-0.2, -0.15) is 5.10 Å². The number of amides is 3. The summed E-state index contributed by atoms with van der Waals surface area (Å²) in [5, 5.41) is 6.03. The van der Waals surface area contributed by atoms with Crippen LogP contribution >= 0.6 is 11.3 Å². The van der Waals surface area contributed by atoms with Gasteiger partial charge in [0, 0.05) is 33.3 Å². The highest BCUT2D eigenvalue weighted by Crippen LogP contribution is 2.35. The largest absolute Gasteiger partial charge is 0.335 e. The van der Waals surface area contributed by atoms with E-state index in [-0.39, 0.29) is 24.3 Å². The molecular formula is C18H21N5O3S. The average molecular weight is 387 g/mol. The van der Waals surface area contributed by atoms with Gasteiger partial charge in [0.05, 0.1) is 28.8 Å². The van der Waals surface area contributed by atoms with Crippen LogP contribution in [0.5, 0.6) is 0 Å². The maximum Gasteiger partial charge on any atom is 0.264 e. The first-order valence-electron chi connectivity index (χ1n) is 8.80. The van der Waals surface area contributed by atoms with Crippen molar-refractivity contribution in [2.45, 2.75) is 18.9 Å². The molecule has 0 bridgehead atoms. The Kier molecular flexibility index (Phi) is 4.26. The van der Waals surface area contributed by atoms with Crippen LogP contribution in [0.15, 0.2) is 29.9 Å². The summed E-state index contributed by atoms with van der Waals surface area (Å²) in [6.45, 7) is 2.86. The van der Waals surface area contributed by atoms with Gasteiger partial charge >= 0.3 is 0 Å². The number of hydrogen-bond donors (Lipinski definition) is 0. The first kappa shape index (κ1) is 17.7. The lowest BCUT2D eigenvalue weighted by Gasteiger charge is -2.47. The maximum absolute atomic E-state index is 12.8. The van der Waals surface area contributed by atoms with Gasteiger partial charge in [0.15, 0.2) is 0 Å². The molecular weight excluding hydrogens is 366 g/mol. The number of rotatable bonds is 2. The molecule has 0 aliphatic carbocycles. The van der Waals surface area contributed by atoms with Crippen molar-refractivity contribution >= 4 is 34.7 Å². The Morgan fingerprint density at radius 1 is 1.30 bits per heavy atom. The van der Waals surface area contributed by atoms with E-state index in [4.69, 9.17) is 0 Å². The number of hydrogen-bond acceptors (Lipinski definition) is 5. The third-order valence-electron chi connectivity index (χ3n) is 5.35. The number of carbonyl (C=O) groups excluding carboxylic acids is 3. The molecule has 2 fully saturated rings. The molecule has 0 saturated carbocycles. The molecule has 3 amide bonds. The minimum Gasteiger partial charge on any atom is -0.335 e. The predicted octanol–water partition coefficient (Wildman–Crippen LogP) is 0.962. The van der Waals surface area contributed by atoms with Gasteiger partial charge in [-0.25, -0.2) is 0 Å². The zero-order chi connectivity index (χ0) is 19.2. The summed E-state index contributed by atoms with van der Waals surface area (Å²) in [5.41, 5.74) is 0.149. The Morgan fingerprint density at radius 3 is 2.74 bits per heavy atom. The number of anilines is 1. The van der Waals surface area contributed by atoms with Crippen molar-refractivity contribution in [3.8, 4) is 0 Å². The summed E-state index contributed by atoms with van der Waals surface area (Å²) >= 11 is 1.41. The Balaban J connectivity index is 1.62. The second kappa shape index (κ2) is 6.49. The van der Waals surface area contributed by atoms with E-state index in [1.165, 1.54) is 18.3 Å². The molecule has 2 saturated heterocycles. The lowest BCUT2D eigenvalue weighted by atomic mass is 9.92. The molecule has 2 aromatic heterocycles. The van der Waals surface area contributed by atoms with Gasteiger partial charge in [0.1, 0.15) is 6.54 Å². The highest BCUT2D eigenvalue weighted by atomic mass is 32.1. The summed E-state index contributed by atoms with van der Waals surface area (Å²) in [6, 6.07) is 3.67. The minimum atomic E-state index is -0.567. The van der Waals surface area contributed by atoms with Crippen LogP contribution in [0.1, 0.15) is 23.0 Å². The molecule has 4 rings (SSSR count). The van der Waals surface area contributed by atoms with Crippen molar-refractivity contribution < 1.29 is 14.4 Å². The first-order chi connectivity index (χ1) is 12.9. The maximum atomic E-state index is 12.8. The molecule has 0 aromatic carbocycles. The fraction of sp³-hybridized carbons (Fsp3) is 0.444. The molecule has 1 spiro atoms. The molecule has 1 unspecified atom stereocenters. The van der Waals surface area contributed by atoms with E-state index in [1.54, 1.807) is 38.8 Å². The summed E-state index contributed by atoms with van der Waals surface area (Å²) < 4.78 is 1.65. The monoisotopic (exact) mass is 387 g/mol. The zero-order valence-electron chi connectivity index (χ0n) is 15.3. The van der Waals surface area contributed by atoms with Gasteiger partial charge in [-0.15, -0.1) is 11.3 Å². The fourth-order valence-electron chi connectivity index (χ4n) is 4.02. The van der Waals surface area contributed by atoms with E-state index < -0.39 is 5.54 Å². The lowest BCUT2D eigenvalue weighted by Crippen LogP contribution is -2.67. The highest BCUT2D eigenvalue weighted by Gasteiger charge is 2.51. The molecule has 9 heteroatoms. The van der Waals surface area contributed by atoms with Crippen molar-refractivity contribution in [2.24, 2.45) is 7.05 Å². The SMILES string of the molecule is CC(=O)N1CC(=O)N(c2cnn(C)c2)CC12CCN(C(=O)c1cccs1)C2. The number of aromatic nitrogens is 2. The van der Waals surface area contributed by atoms with Crippen LogP contribution in [0.2, 0.25) is 0 Å². The van der Waals surface area contributed by atoms with Gasteiger partial charge in [0.25, 0.3) is 5.91 Å². The number of likely N-dealkylation sites (tertiary alicyclic amines) is 1. The van der Waals surface area contributed by atoms with Gasteiger partial charge in [-0.3, -0.25) is 19.1 Å². The Hall–Kier alpha value is -2.68. The normalized spacial score (nSPS) is 22.7. The van der Waals surface area contributed by atoms with Gasteiger partial charge < -0.3 is 14.7 Å². The van der Waals surface area contributed by atoms with Crippen LogP contribution in [0, 0.1) is 0 Å². The van der Waals surface area contributed by atoms with Crippen LogP contribution in [0.3, 0.4) is 0 Å². The van der Waals surface area contributed by atoms with Crippen LogP contribution in [0.25, 0.3) is 0 Å². The van der Waals surface area contributed by atoms with Crippen LogP contribution < -0.4 is 4.90 Å². The average Bonchev–Trinajstić information content (AvgIpc) is 3.37. The molecule has 0 radical (unpaired) electrons. The molecule has 2 aliphatic heterocycles. The lowest BCUT2D eigenvalue weighted by molar-refractivity contribution is -0.142. The van der Waals surface area contributed by atoms with Crippen LogP contribution in [0.4, 0.5) is 5.69 Å². The predicted molar refractivity (Wildman–Crippen MR) is 101 cm³/mol. The van der Waals surface area contributed by atoms with Crippen LogP contribution in [-0.4, -0.2) is 69.0 Å². The number of thiophene rings is 1. The Labute approximate surface area is 161 Å². The van der Waals surface area contributed by atoms with Gasteiger partial charge in [-0.1, -0.05) is 6.07 Å². The molecule has 1 atom stereocenters. The van der Waals surface area contributed by atoms with Crippen molar-refractivity contribution in [1.82, 2.24) is 19.6 Å². The molecule has 27 heavy (non-hydrogen) atoms. The van der Waals surface area contributed by atoms with E-state index in [9.17, 15) is 14.4 Å². The topological polar surface area (TPSA) is 78.8 Å². The van der Waals surface area contributed by atoms with Gasteiger partial charge in [0.2, 0.25) is 11.8 Å². The minimum absolute atomic E-state index is 0.0183. The van der Waals surface area contributed by atoms with E-state index in [0.29, 0.717) is 36.6 Å². The Morgan fingerprint density at radius 2 is 2.11 bits per heavy atom. The fourth-order valence-corrected chi connectivity index (χ4v) is 4.71. The summed E-state index contributed by atoms with van der Waals surface area (Å²) in [5.74, 6) is -0.290. The first-order valence-corrected chi connectivity index (χ1v) is 9.68. The molecule has 2 aromatic rings. The molecule has 4 heterocycles. The van der Waals surface area contributed by atoms with Crippen molar-refractivity contribution in [3.63, 3.8) is 0 Å². The summed E-state index contributed by atoms with van der Waals surface area (Å²) in [7, 11) is 1.80. The summed E-state index contributed by atoms with van der Waals surface area (Å²) in [4.78, 5) is 43.6. The van der Waals surface area contributed by atoms with Gasteiger partial charge in [-0.05, 0) is 17.9 Å². The standard InChI is InChI=1S/C18H21N5O3S/c1-13(24)23-10-16(25)22(14-8-19-20(2)9-14)12-18(23)5-6-21(11-18)17(26)15-4-3-7-27-15/h3-4,7-9H,5-6,10-12H2,1-2H3. The Bertz CT molecular complexity index is 893. The van der Waals surface area contributed by atoms with E-state index in [1.807, 2.05) is 17.5 Å². The van der Waals surface area contributed by atoms with E-state index in [2.05, 4.69) is 5.10 Å². The molecule has 142 valence electrons. The molecule has 8 nitrogen and oxygen atoms in total. The third kappa shape index (κ3) is 3.01. The number of piperazine rings is 1. The zero-order valence-corrected chi connectivity index (χ0v) is 16.1. The van der Waals surface area contributed by atoms with Crippen molar-refractivity contribution in [1.29, 1.82) is 0 Å². The number of nitrogens with zero attached hydrogens (tertiary/aromatic N) is 5. The van der Waals surface area contributed by atoms with Crippen molar-refractivity contribution in [3.05, 3.63) is 34.8 Å². The van der Waals surface area contributed by atoms with E-state index >= 15 is 0 Å². The quantitative estimate of drug-likeness (QED) is 0.769. The van der Waals surface area contributed by atoms with E-state index in [0.717, 1.165) is 0 Å². The third-order valence-corrected chi connectivity index (χ3v) is 6.21.